The average Bonchev–Trinajstić information content (AvgIpc) is 2.73. The summed E-state index contributed by atoms with van der Waals surface area (Å²) < 4.78 is 1.94. The van der Waals surface area contributed by atoms with Crippen molar-refractivity contribution in [3.63, 3.8) is 0 Å². The van der Waals surface area contributed by atoms with Gasteiger partial charge >= 0.3 is 0 Å². The van der Waals surface area contributed by atoms with E-state index >= 15 is 0 Å². The van der Waals surface area contributed by atoms with Gasteiger partial charge in [0.05, 0.1) is 6.04 Å². The summed E-state index contributed by atoms with van der Waals surface area (Å²) in [6.07, 6.45) is 1.78. The maximum Gasteiger partial charge on any atom is 0.183 e. The molecule has 2 aromatic rings. The van der Waals surface area contributed by atoms with Crippen LogP contribution in [0.1, 0.15) is 11.9 Å². The molecule has 1 aliphatic heterocycles. The van der Waals surface area contributed by atoms with E-state index < -0.39 is 0 Å². The summed E-state index contributed by atoms with van der Waals surface area (Å²) in [7, 11) is 0. The smallest absolute Gasteiger partial charge is 0.183 e. The van der Waals surface area contributed by atoms with E-state index in [1.807, 2.05) is 16.2 Å². The number of pyridine rings is 1. The number of rotatable bonds is 1. The van der Waals surface area contributed by atoms with Crippen molar-refractivity contribution in [2.45, 2.75) is 6.04 Å². The molecule has 0 aliphatic carbocycles. The molecule has 0 spiro atoms. The van der Waals surface area contributed by atoms with E-state index in [1.165, 1.54) is 0 Å². The Kier molecular flexibility index (Phi) is 2.45. The predicted octanol–water partition coefficient (Wildman–Crippen LogP) is 0.400. The van der Waals surface area contributed by atoms with Crippen LogP contribution in [0, 0.1) is 0 Å². The molecule has 1 fully saturated rings. The molecule has 2 N–H and O–H groups in total. The number of hydrogen-bond acceptors (Lipinski definition) is 4. The molecular weight excluding hydrogens is 224 g/mol. The summed E-state index contributed by atoms with van der Waals surface area (Å²) in [5.41, 5.74) is 0.751. The van der Waals surface area contributed by atoms with Crippen molar-refractivity contribution in [1.82, 2.24) is 19.9 Å². The second-order valence-corrected chi connectivity index (χ2v) is 4.93. The Morgan fingerprint density at radius 3 is 3.31 bits per heavy atom. The van der Waals surface area contributed by atoms with Gasteiger partial charge in [-0.3, -0.25) is 14.3 Å². The Morgan fingerprint density at radius 2 is 2.50 bits per heavy atom. The van der Waals surface area contributed by atoms with Crippen LogP contribution < -0.4 is 10.7 Å². The highest BCUT2D eigenvalue weighted by atomic mass is 32.2. The first kappa shape index (κ1) is 9.92. The summed E-state index contributed by atoms with van der Waals surface area (Å²) in [4.78, 5) is 11.2. The van der Waals surface area contributed by atoms with Crippen LogP contribution in [0.5, 0.6) is 0 Å². The molecule has 0 radical (unpaired) electrons. The zero-order chi connectivity index (χ0) is 11.0. The van der Waals surface area contributed by atoms with Crippen LogP contribution in [0.15, 0.2) is 23.1 Å². The zero-order valence-electron chi connectivity index (χ0n) is 8.64. The summed E-state index contributed by atoms with van der Waals surface area (Å²) in [5, 5.41) is 10.6. The molecule has 1 aliphatic rings. The number of aromatic amines is 1. The molecule has 0 bridgehead atoms. The van der Waals surface area contributed by atoms with Crippen LogP contribution in [-0.2, 0) is 0 Å². The van der Waals surface area contributed by atoms with E-state index in [-0.39, 0.29) is 11.5 Å². The van der Waals surface area contributed by atoms with E-state index in [9.17, 15) is 4.79 Å². The van der Waals surface area contributed by atoms with E-state index in [4.69, 9.17) is 0 Å². The van der Waals surface area contributed by atoms with Crippen molar-refractivity contribution in [3.05, 3.63) is 34.4 Å². The first-order valence-corrected chi connectivity index (χ1v) is 6.38. The molecule has 0 saturated carbocycles. The normalized spacial score (nSPS) is 21.4. The SMILES string of the molecule is O=c1ccn2c(C3CSCCN3)n[nH]c2c1. The largest absolute Gasteiger partial charge is 0.306 e. The second-order valence-electron chi connectivity index (χ2n) is 3.78. The Bertz CT molecular complexity index is 555. The fraction of sp³-hybridized carbons (Fsp3) is 0.400. The van der Waals surface area contributed by atoms with Gasteiger partial charge in [0.25, 0.3) is 0 Å². The quantitative estimate of drug-likeness (QED) is 0.752. The van der Waals surface area contributed by atoms with Gasteiger partial charge in [-0.15, -0.1) is 0 Å². The van der Waals surface area contributed by atoms with Gasteiger partial charge in [0.1, 0.15) is 5.65 Å². The fourth-order valence-electron chi connectivity index (χ4n) is 1.91. The summed E-state index contributed by atoms with van der Waals surface area (Å²) in [6.45, 7) is 1.00. The topological polar surface area (TPSA) is 62.2 Å². The molecule has 84 valence electrons. The molecule has 1 unspecified atom stereocenters. The summed E-state index contributed by atoms with van der Waals surface area (Å²) in [5.74, 6) is 3.11. The third kappa shape index (κ3) is 1.64. The van der Waals surface area contributed by atoms with Gasteiger partial charge in [-0.05, 0) is 0 Å². The lowest BCUT2D eigenvalue weighted by Gasteiger charge is -2.21. The number of hydrogen-bond donors (Lipinski definition) is 2. The molecule has 5 nitrogen and oxygen atoms in total. The Morgan fingerprint density at radius 1 is 1.56 bits per heavy atom. The summed E-state index contributed by atoms with van der Waals surface area (Å²) in [6, 6.07) is 3.38. The third-order valence-corrected chi connectivity index (χ3v) is 3.75. The van der Waals surface area contributed by atoms with Crippen LogP contribution in [0.2, 0.25) is 0 Å². The van der Waals surface area contributed by atoms with Gasteiger partial charge in [0.15, 0.2) is 11.3 Å². The number of nitrogens with one attached hydrogen (secondary N) is 2. The maximum atomic E-state index is 11.2. The zero-order valence-corrected chi connectivity index (χ0v) is 9.46. The van der Waals surface area contributed by atoms with E-state index in [2.05, 4.69) is 15.5 Å². The van der Waals surface area contributed by atoms with Gasteiger partial charge in [0, 0.05) is 36.4 Å². The predicted molar refractivity (Wildman–Crippen MR) is 63.9 cm³/mol. The van der Waals surface area contributed by atoms with Crippen LogP contribution >= 0.6 is 11.8 Å². The minimum atomic E-state index is 0.00109. The van der Waals surface area contributed by atoms with E-state index in [0.717, 1.165) is 29.5 Å². The highest BCUT2D eigenvalue weighted by Crippen LogP contribution is 2.20. The van der Waals surface area contributed by atoms with E-state index in [0.29, 0.717) is 0 Å². The fourth-order valence-corrected chi connectivity index (χ4v) is 2.84. The molecule has 6 heteroatoms. The minimum absolute atomic E-state index is 0.00109. The van der Waals surface area contributed by atoms with Crippen LogP contribution in [0.3, 0.4) is 0 Å². The highest BCUT2D eigenvalue weighted by molar-refractivity contribution is 7.99. The molecule has 0 aromatic carbocycles. The van der Waals surface area contributed by atoms with Crippen molar-refractivity contribution < 1.29 is 0 Å². The number of aromatic nitrogens is 3. The van der Waals surface area contributed by atoms with Crippen molar-refractivity contribution >= 4 is 17.4 Å². The summed E-state index contributed by atoms with van der Waals surface area (Å²) >= 11 is 1.92. The maximum absolute atomic E-state index is 11.2. The second kappa shape index (κ2) is 3.95. The molecule has 3 rings (SSSR count). The standard InChI is InChI=1S/C10H12N4OS/c15-7-1-3-14-9(5-7)12-13-10(14)8-6-16-4-2-11-8/h1,3,5,8,11-12H,2,4,6H2. The molecule has 2 aromatic heterocycles. The van der Waals surface area contributed by atoms with Crippen LogP contribution in [-0.4, -0.2) is 32.6 Å². The van der Waals surface area contributed by atoms with E-state index in [1.54, 1.807) is 18.3 Å². The number of nitrogens with zero attached hydrogens (tertiary/aromatic N) is 2. The molecule has 16 heavy (non-hydrogen) atoms. The van der Waals surface area contributed by atoms with Crippen molar-refractivity contribution in [2.24, 2.45) is 0 Å². The monoisotopic (exact) mass is 236 g/mol. The molecule has 1 saturated heterocycles. The van der Waals surface area contributed by atoms with Crippen molar-refractivity contribution in [1.29, 1.82) is 0 Å². The van der Waals surface area contributed by atoms with Crippen LogP contribution in [0.4, 0.5) is 0 Å². The van der Waals surface area contributed by atoms with Gasteiger partial charge in [-0.2, -0.15) is 16.9 Å². The molecule has 0 amide bonds. The van der Waals surface area contributed by atoms with Gasteiger partial charge in [0.2, 0.25) is 0 Å². The third-order valence-electron chi connectivity index (χ3n) is 2.69. The van der Waals surface area contributed by atoms with Crippen LogP contribution in [0.25, 0.3) is 5.65 Å². The van der Waals surface area contributed by atoms with Gasteiger partial charge < -0.3 is 5.32 Å². The highest BCUT2D eigenvalue weighted by Gasteiger charge is 2.19. The molecule has 1 atom stereocenters. The molecular formula is C10H12N4OS. The lowest BCUT2D eigenvalue weighted by molar-refractivity contribution is 0.559. The van der Waals surface area contributed by atoms with Gasteiger partial charge in [-0.25, -0.2) is 0 Å². The van der Waals surface area contributed by atoms with Crippen molar-refractivity contribution in [2.75, 3.05) is 18.1 Å². The average molecular weight is 236 g/mol. The Balaban J connectivity index is 2.06. The number of fused-ring (bicyclic) bond motifs is 1. The Hall–Kier alpha value is -1.27. The minimum Gasteiger partial charge on any atom is -0.306 e. The van der Waals surface area contributed by atoms with Crippen molar-refractivity contribution in [3.8, 4) is 0 Å². The Labute approximate surface area is 96.2 Å². The lowest BCUT2D eigenvalue weighted by Crippen LogP contribution is -2.31. The molecule has 3 heterocycles. The van der Waals surface area contributed by atoms with Gasteiger partial charge in [-0.1, -0.05) is 0 Å². The number of thioether (sulfide) groups is 1. The first-order chi connectivity index (χ1) is 7.84. The first-order valence-electron chi connectivity index (χ1n) is 5.22. The number of H-pyrrole nitrogens is 1. The lowest BCUT2D eigenvalue weighted by atomic mass is 10.3.